The van der Waals surface area contributed by atoms with E-state index in [-0.39, 0.29) is 5.69 Å². The maximum atomic E-state index is 10.7. The zero-order chi connectivity index (χ0) is 13.8. The fourth-order valence-electron chi connectivity index (χ4n) is 2.18. The SMILES string of the molecule is CC1SCCCC1Nc1ccc([N+](=O)[O-])cc1C#N. The first-order chi connectivity index (χ1) is 9.11. The van der Waals surface area contributed by atoms with E-state index >= 15 is 0 Å². The Morgan fingerprint density at radius 1 is 1.58 bits per heavy atom. The third-order valence-electron chi connectivity index (χ3n) is 3.28. The van der Waals surface area contributed by atoms with Gasteiger partial charge in [0.05, 0.1) is 16.2 Å². The fraction of sp³-hybridized carbons (Fsp3) is 0.462. The van der Waals surface area contributed by atoms with Crippen LogP contribution in [0, 0.1) is 21.4 Å². The van der Waals surface area contributed by atoms with E-state index in [1.54, 1.807) is 6.07 Å². The van der Waals surface area contributed by atoms with Gasteiger partial charge in [-0.2, -0.15) is 17.0 Å². The highest BCUT2D eigenvalue weighted by Crippen LogP contribution is 2.29. The molecule has 6 heteroatoms. The van der Waals surface area contributed by atoms with Crippen LogP contribution in [0.15, 0.2) is 18.2 Å². The van der Waals surface area contributed by atoms with Gasteiger partial charge in [0.15, 0.2) is 0 Å². The quantitative estimate of drug-likeness (QED) is 0.678. The Morgan fingerprint density at radius 2 is 2.37 bits per heavy atom. The third-order valence-corrected chi connectivity index (χ3v) is 4.66. The first-order valence-corrected chi connectivity index (χ1v) is 7.23. The number of nitrogens with zero attached hydrogens (tertiary/aromatic N) is 2. The first-order valence-electron chi connectivity index (χ1n) is 6.18. The van der Waals surface area contributed by atoms with Crippen molar-refractivity contribution in [1.29, 1.82) is 5.26 Å². The summed E-state index contributed by atoms with van der Waals surface area (Å²) >= 11 is 1.91. The van der Waals surface area contributed by atoms with Crippen LogP contribution in [0.25, 0.3) is 0 Å². The number of nitro groups is 1. The fourth-order valence-corrected chi connectivity index (χ4v) is 3.32. The van der Waals surface area contributed by atoms with Crippen molar-refractivity contribution >= 4 is 23.1 Å². The second kappa shape index (κ2) is 5.93. The number of thioether (sulfide) groups is 1. The van der Waals surface area contributed by atoms with E-state index in [9.17, 15) is 10.1 Å². The van der Waals surface area contributed by atoms with E-state index < -0.39 is 4.92 Å². The highest BCUT2D eigenvalue weighted by atomic mass is 32.2. The van der Waals surface area contributed by atoms with Crippen molar-refractivity contribution in [1.82, 2.24) is 0 Å². The van der Waals surface area contributed by atoms with Crippen molar-refractivity contribution in [2.45, 2.75) is 31.1 Å². The van der Waals surface area contributed by atoms with Crippen LogP contribution in [0.2, 0.25) is 0 Å². The predicted octanol–water partition coefficient (Wildman–Crippen LogP) is 3.16. The van der Waals surface area contributed by atoms with E-state index in [1.165, 1.54) is 17.9 Å². The molecule has 1 aliphatic rings. The predicted molar refractivity (Wildman–Crippen MR) is 76.4 cm³/mol. The molecule has 1 heterocycles. The Balaban J connectivity index is 2.20. The van der Waals surface area contributed by atoms with Crippen molar-refractivity contribution in [3.8, 4) is 6.07 Å². The van der Waals surface area contributed by atoms with Crippen molar-refractivity contribution in [3.05, 3.63) is 33.9 Å². The second-order valence-corrected chi connectivity index (χ2v) is 6.05. The summed E-state index contributed by atoms with van der Waals surface area (Å²) in [6.45, 7) is 2.17. The Kier molecular flexibility index (Phi) is 4.27. The summed E-state index contributed by atoms with van der Waals surface area (Å²) in [6.07, 6.45) is 2.22. The molecule has 1 N–H and O–H groups in total. The Morgan fingerprint density at radius 3 is 3.00 bits per heavy atom. The van der Waals surface area contributed by atoms with Crippen LogP contribution in [0.5, 0.6) is 0 Å². The molecule has 2 unspecified atom stereocenters. The van der Waals surface area contributed by atoms with Gasteiger partial charge in [-0.05, 0) is 24.7 Å². The Bertz CT molecular complexity index is 527. The molecule has 0 aromatic heterocycles. The van der Waals surface area contributed by atoms with Crippen LogP contribution in [-0.4, -0.2) is 22.0 Å². The minimum atomic E-state index is -0.482. The van der Waals surface area contributed by atoms with Gasteiger partial charge in [0, 0.05) is 23.4 Å². The monoisotopic (exact) mass is 277 g/mol. The molecule has 1 saturated heterocycles. The maximum Gasteiger partial charge on any atom is 0.270 e. The molecule has 0 radical (unpaired) electrons. The molecule has 2 rings (SSSR count). The van der Waals surface area contributed by atoms with E-state index in [2.05, 4.69) is 12.2 Å². The Labute approximate surface area is 116 Å². The molecule has 19 heavy (non-hydrogen) atoms. The highest BCUT2D eigenvalue weighted by molar-refractivity contribution is 8.00. The largest absolute Gasteiger partial charge is 0.380 e. The number of nitrogens with one attached hydrogen (secondary N) is 1. The Hall–Kier alpha value is -1.74. The standard InChI is InChI=1S/C13H15N3O2S/c1-9-12(3-2-6-19-9)15-13-5-4-11(16(17)18)7-10(13)8-14/h4-5,7,9,12,15H,2-3,6H2,1H3. The second-order valence-electron chi connectivity index (χ2n) is 4.57. The molecule has 2 atom stereocenters. The molecule has 0 saturated carbocycles. The summed E-state index contributed by atoms with van der Waals surface area (Å²) in [5, 5.41) is 23.6. The zero-order valence-electron chi connectivity index (χ0n) is 10.6. The lowest BCUT2D eigenvalue weighted by atomic mass is 10.1. The van der Waals surface area contributed by atoms with Gasteiger partial charge in [-0.25, -0.2) is 0 Å². The summed E-state index contributed by atoms with van der Waals surface area (Å²) in [4.78, 5) is 10.2. The van der Waals surface area contributed by atoms with Crippen molar-refractivity contribution in [3.63, 3.8) is 0 Å². The molecule has 100 valence electrons. The lowest BCUT2D eigenvalue weighted by Gasteiger charge is -2.30. The minimum Gasteiger partial charge on any atom is -0.380 e. The number of benzene rings is 1. The van der Waals surface area contributed by atoms with Gasteiger partial charge in [0.2, 0.25) is 0 Å². The number of hydrogen-bond donors (Lipinski definition) is 1. The molecule has 0 aliphatic carbocycles. The number of non-ortho nitro benzene ring substituents is 1. The smallest absolute Gasteiger partial charge is 0.270 e. The molecule has 5 nitrogen and oxygen atoms in total. The summed E-state index contributed by atoms with van der Waals surface area (Å²) < 4.78 is 0. The molecular weight excluding hydrogens is 262 g/mol. The van der Waals surface area contributed by atoms with Crippen LogP contribution < -0.4 is 5.32 Å². The van der Waals surface area contributed by atoms with Crippen LogP contribution in [0.3, 0.4) is 0 Å². The number of hydrogen-bond acceptors (Lipinski definition) is 5. The molecule has 1 aliphatic heterocycles. The molecular formula is C13H15N3O2S. The van der Waals surface area contributed by atoms with E-state index in [1.807, 2.05) is 17.8 Å². The number of rotatable bonds is 3. The molecule has 1 aromatic carbocycles. The lowest BCUT2D eigenvalue weighted by molar-refractivity contribution is -0.384. The van der Waals surface area contributed by atoms with Crippen LogP contribution >= 0.6 is 11.8 Å². The van der Waals surface area contributed by atoms with Gasteiger partial charge < -0.3 is 5.32 Å². The van der Waals surface area contributed by atoms with Crippen LogP contribution in [-0.2, 0) is 0 Å². The first kappa shape index (κ1) is 13.7. The topological polar surface area (TPSA) is 79.0 Å². The maximum absolute atomic E-state index is 10.7. The van der Waals surface area contributed by atoms with Crippen LogP contribution in [0.4, 0.5) is 11.4 Å². The number of nitriles is 1. The summed E-state index contributed by atoms with van der Waals surface area (Å²) in [5.74, 6) is 1.17. The molecule has 0 spiro atoms. The summed E-state index contributed by atoms with van der Waals surface area (Å²) in [7, 11) is 0. The highest BCUT2D eigenvalue weighted by Gasteiger charge is 2.22. The minimum absolute atomic E-state index is 0.0480. The van der Waals surface area contributed by atoms with Gasteiger partial charge in [0.25, 0.3) is 5.69 Å². The van der Waals surface area contributed by atoms with Gasteiger partial charge >= 0.3 is 0 Å². The summed E-state index contributed by atoms with van der Waals surface area (Å²) in [6, 6.07) is 6.72. The van der Waals surface area contributed by atoms with Crippen molar-refractivity contribution < 1.29 is 4.92 Å². The number of anilines is 1. The summed E-state index contributed by atoms with van der Waals surface area (Å²) in [5.41, 5.74) is 0.970. The van der Waals surface area contributed by atoms with Crippen molar-refractivity contribution in [2.75, 3.05) is 11.1 Å². The van der Waals surface area contributed by atoms with Gasteiger partial charge in [0.1, 0.15) is 6.07 Å². The lowest BCUT2D eigenvalue weighted by Crippen LogP contribution is -2.33. The van der Waals surface area contributed by atoms with Crippen LogP contribution in [0.1, 0.15) is 25.3 Å². The molecule has 0 bridgehead atoms. The molecule has 1 aromatic rings. The van der Waals surface area contributed by atoms with Crippen molar-refractivity contribution in [2.24, 2.45) is 0 Å². The van der Waals surface area contributed by atoms with E-state index in [0.29, 0.717) is 22.5 Å². The molecule has 0 amide bonds. The average molecular weight is 277 g/mol. The van der Waals surface area contributed by atoms with E-state index in [4.69, 9.17) is 5.26 Å². The third kappa shape index (κ3) is 3.18. The molecule has 1 fully saturated rings. The average Bonchev–Trinajstić information content (AvgIpc) is 2.41. The van der Waals surface area contributed by atoms with Gasteiger partial charge in [-0.15, -0.1) is 0 Å². The van der Waals surface area contributed by atoms with Gasteiger partial charge in [-0.3, -0.25) is 10.1 Å². The zero-order valence-corrected chi connectivity index (χ0v) is 11.4. The normalized spacial score (nSPS) is 22.5. The van der Waals surface area contributed by atoms with E-state index in [0.717, 1.165) is 12.8 Å². The number of nitro benzene ring substituents is 1. The van der Waals surface area contributed by atoms with Gasteiger partial charge in [-0.1, -0.05) is 6.92 Å².